The van der Waals surface area contributed by atoms with Gasteiger partial charge in [0.15, 0.2) is 0 Å². The number of nitrogens with one attached hydrogen (secondary N) is 1. The lowest BCUT2D eigenvalue weighted by atomic mass is 9.91. The Kier molecular flexibility index (Phi) is 3.01. The Bertz CT molecular complexity index is 478. The number of aliphatic hydroxyl groups is 1. The fourth-order valence-corrected chi connectivity index (χ4v) is 3.33. The van der Waals surface area contributed by atoms with E-state index in [1.54, 1.807) is 31.2 Å². The minimum Gasteiger partial charge on any atom is -0.393 e. The first kappa shape index (κ1) is 11.6. The summed E-state index contributed by atoms with van der Waals surface area (Å²) in [5.74, 6) is 0. The predicted octanol–water partition coefficient (Wildman–Crippen LogP) is 0.797. The van der Waals surface area contributed by atoms with Crippen molar-refractivity contribution in [2.24, 2.45) is 0 Å². The third kappa shape index (κ3) is 2.26. The van der Waals surface area contributed by atoms with Gasteiger partial charge in [-0.3, -0.25) is 0 Å². The van der Waals surface area contributed by atoms with E-state index in [1.807, 2.05) is 0 Å². The highest BCUT2D eigenvalue weighted by molar-refractivity contribution is 7.89. The average Bonchev–Trinajstić information content (AvgIpc) is 2.15. The molecule has 1 aliphatic carbocycles. The van der Waals surface area contributed by atoms with E-state index in [0.717, 1.165) is 5.56 Å². The highest BCUT2D eigenvalue weighted by Crippen LogP contribution is 2.22. The molecule has 1 aromatic rings. The second kappa shape index (κ2) is 4.16. The molecule has 1 aromatic carbocycles. The van der Waals surface area contributed by atoms with Crippen molar-refractivity contribution in [3.63, 3.8) is 0 Å². The Labute approximate surface area is 95.4 Å². The number of hydrogen-bond acceptors (Lipinski definition) is 3. The summed E-state index contributed by atoms with van der Waals surface area (Å²) in [5, 5.41) is 9.11. The molecular formula is C11H15NO3S. The molecule has 4 nitrogen and oxygen atoms in total. The molecule has 0 atom stereocenters. The first-order valence-electron chi connectivity index (χ1n) is 5.25. The maximum Gasteiger partial charge on any atom is 0.241 e. The molecule has 0 radical (unpaired) electrons. The summed E-state index contributed by atoms with van der Waals surface area (Å²) in [6, 6.07) is 6.75. The SMILES string of the molecule is Cc1ccccc1S(=O)(=O)NC1CC(O)C1. The van der Waals surface area contributed by atoms with Crippen LogP contribution in [0.2, 0.25) is 0 Å². The van der Waals surface area contributed by atoms with Crippen molar-refractivity contribution < 1.29 is 13.5 Å². The molecule has 1 saturated carbocycles. The van der Waals surface area contributed by atoms with E-state index in [0.29, 0.717) is 17.7 Å². The van der Waals surface area contributed by atoms with Gasteiger partial charge in [-0.1, -0.05) is 18.2 Å². The van der Waals surface area contributed by atoms with Crippen molar-refractivity contribution in [2.45, 2.75) is 36.8 Å². The second-order valence-electron chi connectivity index (χ2n) is 4.21. The Morgan fingerprint density at radius 3 is 2.50 bits per heavy atom. The third-order valence-electron chi connectivity index (χ3n) is 2.82. The molecule has 2 rings (SSSR count). The van der Waals surface area contributed by atoms with Crippen molar-refractivity contribution in [1.82, 2.24) is 4.72 Å². The van der Waals surface area contributed by atoms with E-state index >= 15 is 0 Å². The number of hydrogen-bond donors (Lipinski definition) is 2. The van der Waals surface area contributed by atoms with Gasteiger partial charge in [0.05, 0.1) is 11.0 Å². The van der Waals surface area contributed by atoms with Gasteiger partial charge in [-0.05, 0) is 31.4 Å². The fraction of sp³-hybridized carbons (Fsp3) is 0.455. The summed E-state index contributed by atoms with van der Waals surface area (Å²) in [5.41, 5.74) is 0.731. The molecule has 0 unspecified atom stereocenters. The zero-order chi connectivity index (χ0) is 11.8. The van der Waals surface area contributed by atoms with Crippen LogP contribution in [0.3, 0.4) is 0 Å². The van der Waals surface area contributed by atoms with Crippen LogP contribution < -0.4 is 4.72 Å². The van der Waals surface area contributed by atoms with Crippen molar-refractivity contribution in [1.29, 1.82) is 0 Å². The maximum atomic E-state index is 12.0. The molecule has 16 heavy (non-hydrogen) atoms. The predicted molar refractivity (Wildman–Crippen MR) is 60.5 cm³/mol. The van der Waals surface area contributed by atoms with Crippen LogP contribution in [0.25, 0.3) is 0 Å². The molecule has 1 fully saturated rings. The van der Waals surface area contributed by atoms with E-state index in [9.17, 15) is 8.42 Å². The summed E-state index contributed by atoms with van der Waals surface area (Å²) in [4.78, 5) is 0.316. The summed E-state index contributed by atoms with van der Waals surface area (Å²) >= 11 is 0. The summed E-state index contributed by atoms with van der Waals surface area (Å²) in [6.45, 7) is 1.77. The quantitative estimate of drug-likeness (QED) is 0.822. The topological polar surface area (TPSA) is 66.4 Å². The minimum absolute atomic E-state index is 0.125. The number of aliphatic hydroxyl groups excluding tert-OH is 1. The fourth-order valence-electron chi connectivity index (χ4n) is 1.82. The molecule has 0 aromatic heterocycles. The van der Waals surface area contributed by atoms with Crippen LogP contribution in [0, 0.1) is 6.92 Å². The maximum absolute atomic E-state index is 12.0. The molecule has 0 spiro atoms. The van der Waals surface area contributed by atoms with Gasteiger partial charge in [-0.25, -0.2) is 13.1 Å². The number of benzene rings is 1. The number of sulfonamides is 1. The Morgan fingerprint density at radius 1 is 1.31 bits per heavy atom. The van der Waals surface area contributed by atoms with Gasteiger partial charge in [-0.2, -0.15) is 0 Å². The standard InChI is InChI=1S/C11H15NO3S/c1-8-4-2-3-5-11(8)16(14,15)12-9-6-10(13)7-9/h2-5,9-10,12-13H,6-7H2,1H3. The van der Waals surface area contributed by atoms with Gasteiger partial charge < -0.3 is 5.11 Å². The van der Waals surface area contributed by atoms with Crippen molar-refractivity contribution in [3.8, 4) is 0 Å². The molecule has 0 aliphatic heterocycles. The Morgan fingerprint density at radius 2 is 1.94 bits per heavy atom. The van der Waals surface area contributed by atoms with Crippen LogP contribution >= 0.6 is 0 Å². The molecule has 0 amide bonds. The lowest BCUT2D eigenvalue weighted by Gasteiger charge is -2.31. The molecule has 1 aliphatic rings. The highest BCUT2D eigenvalue weighted by Gasteiger charge is 2.31. The van der Waals surface area contributed by atoms with E-state index in [4.69, 9.17) is 5.11 Å². The Hall–Kier alpha value is -0.910. The van der Waals surface area contributed by atoms with Gasteiger partial charge >= 0.3 is 0 Å². The van der Waals surface area contributed by atoms with Crippen molar-refractivity contribution in [2.75, 3.05) is 0 Å². The van der Waals surface area contributed by atoms with Gasteiger partial charge in [-0.15, -0.1) is 0 Å². The zero-order valence-electron chi connectivity index (χ0n) is 9.05. The normalized spacial score (nSPS) is 25.1. The summed E-state index contributed by atoms with van der Waals surface area (Å²) < 4.78 is 26.5. The number of aryl methyl sites for hydroxylation is 1. The van der Waals surface area contributed by atoms with Crippen molar-refractivity contribution in [3.05, 3.63) is 29.8 Å². The van der Waals surface area contributed by atoms with Gasteiger partial charge in [0.25, 0.3) is 0 Å². The summed E-state index contributed by atoms with van der Waals surface area (Å²) in [6.07, 6.45) is 0.653. The highest BCUT2D eigenvalue weighted by atomic mass is 32.2. The van der Waals surface area contributed by atoms with Crippen LogP contribution in [-0.4, -0.2) is 25.7 Å². The first-order valence-corrected chi connectivity index (χ1v) is 6.73. The van der Waals surface area contributed by atoms with Crippen LogP contribution in [-0.2, 0) is 10.0 Å². The Balaban J connectivity index is 2.16. The van der Waals surface area contributed by atoms with Gasteiger partial charge in [0.1, 0.15) is 0 Å². The number of rotatable bonds is 3. The smallest absolute Gasteiger partial charge is 0.241 e. The molecule has 0 heterocycles. The third-order valence-corrected chi connectivity index (χ3v) is 4.50. The summed E-state index contributed by atoms with van der Waals surface area (Å²) in [7, 11) is -3.44. The largest absolute Gasteiger partial charge is 0.393 e. The van der Waals surface area contributed by atoms with Crippen LogP contribution in [0.5, 0.6) is 0 Å². The van der Waals surface area contributed by atoms with Gasteiger partial charge in [0, 0.05) is 6.04 Å². The molecule has 2 N–H and O–H groups in total. The van der Waals surface area contributed by atoms with E-state index in [2.05, 4.69) is 4.72 Å². The van der Waals surface area contributed by atoms with Crippen molar-refractivity contribution >= 4 is 10.0 Å². The lowest BCUT2D eigenvalue weighted by molar-refractivity contribution is 0.0712. The van der Waals surface area contributed by atoms with Crippen LogP contribution in [0.1, 0.15) is 18.4 Å². The average molecular weight is 241 g/mol. The second-order valence-corrected chi connectivity index (χ2v) is 5.89. The zero-order valence-corrected chi connectivity index (χ0v) is 9.87. The molecule has 5 heteroatoms. The molecule has 88 valence electrons. The van der Waals surface area contributed by atoms with Crippen LogP contribution in [0.4, 0.5) is 0 Å². The van der Waals surface area contributed by atoms with E-state index in [-0.39, 0.29) is 12.1 Å². The minimum atomic E-state index is -3.44. The van der Waals surface area contributed by atoms with E-state index < -0.39 is 10.0 Å². The van der Waals surface area contributed by atoms with Crippen LogP contribution in [0.15, 0.2) is 29.2 Å². The first-order chi connectivity index (χ1) is 7.49. The van der Waals surface area contributed by atoms with E-state index in [1.165, 1.54) is 0 Å². The van der Waals surface area contributed by atoms with Gasteiger partial charge in [0.2, 0.25) is 10.0 Å². The molecular weight excluding hydrogens is 226 g/mol. The lowest BCUT2D eigenvalue weighted by Crippen LogP contribution is -2.46. The molecule has 0 saturated heterocycles. The molecule has 0 bridgehead atoms. The monoisotopic (exact) mass is 241 g/mol.